The van der Waals surface area contributed by atoms with E-state index >= 15 is 0 Å². The molecule has 1 aliphatic heterocycles. The Hall–Kier alpha value is -3.99. The minimum absolute atomic E-state index is 0.0456. The number of rotatable bonds is 12. The van der Waals surface area contributed by atoms with Crippen LogP contribution in [-0.2, 0) is 32.7 Å². The maximum atomic E-state index is 13.8. The second-order valence-electron chi connectivity index (χ2n) is 13.0. The van der Waals surface area contributed by atoms with Gasteiger partial charge in [0.05, 0.1) is 17.1 Å². The molecule has 0 radical (unpaired) electrons. The van der Waals surface area contributed by atoms with Gasteiger partial charge in [-0.25, -0.2) is 13.1 Å². The number of hydrogen-bond acceptors (Lipinski definition) is 7. The van der Waals surface area contributed by atoms with Gasteiger partial charge in [-0.2, -0.15) is 0 Å². The normalized spacial score (nSPS) is 17.5. The standard InChI is InChI=1S/C35H43N5O5S/c1-5-6-13-31-36-35(18-9-10-19-35)34(42)40(31)21-25-14-17-28(27(20-25)22-39(4)33(41)26-15-16-26)29-11-7-8-12-30(29)46(43,44)38-32-23(2)24(3)37-45-32/h7-8,11-12,14,17,20,26,38H,5-6,9-10,13,15-16,18-19,21-22H2,1-4H3. The molecule has 1 N–H and O–H groups in total. The van der Waals surface area contributed by atoms with Gasteiger partial charge in [-0.1, -0.05) is 67.7 Å². The van der Waals surface area contributed by atoms with Gasteiger partial charge < -0.3 is 9.42 Å². The maximum absolute atomic E-state index is 13.8. The Balaban J connectivity index is 1.37. The van der Waals surface area contributed by atoms with E-state index in [4.69, 9.17) is 9.52 Å². The smallest absolute Gasteiger partial charge is 0.264 e. The van der Waals surface area contributed by atoms with Crippen LogP contribution in [0.2, 0.25) is 0 Å². The molecule has 0 unspecified atom stereocenters. The van der Waals surface area contributed by atoms with Crippen molar-refractivity contribution in [3.8, 4) is 11.1 Å². The predicted molar refractivity (Wildman–Crippen MR) is 177 cm³/mol. The van der Waals surface area contributed by atoms with Crippen LogP contribution < -0.4 is 4.72 Å². The highest BCUT2D eigenvalue weighted by atomic mass is 32.2. The van der Waals surface area contributed by atoms with Crippen LogP contribution in [0.15, 0.2) is 56.9 Å². The van der Waals surface area contributed by atoms with Gasteiger partial charge in [-0.05, 0) is 68.7 Å². The first-order chi connectivity index (χ1) is 22.0. The van der Waals surface area contributed by atoms with E-state index in [-0.39, 0.29) is 28.5 Å². The summed E-state index contributed by atoms with van der Waals surface area (Å²) in [4.78, 5) is 35.6. The summed E-state index contributed by atoms with van der Waals surface area (Å²) in [7, 11) is -2.27. The Kier molecular flexibility index (Phi) is 8.80. The van der Waals surface area contributed by atoms with Gasteiger partial charge in [0.15, 0.2) is 0 Å². The number of aryl methyl sites for hydroxylation is 1. The number of hydrogen-bond donors (Lipinski definition) is 1. The number of aromatic nitrogens is 1. The maximum Gasteiger partial charge on any atom is 0.264 e. The summed E-state index contributed by atoms with van der Waals surface area (Å²) in [6.07, 6.45) is 8.13. The van der Waals surface area contributed by atoms with Crippen molar-refractivity contribution in [2.24, 2.45) is 10.9 Å². The average molecular weight is 646 g/mol. The lowest BCUT2D eigenvalue weighted by atomic mass is 9.96. The Bertz CT molecular complexity index is 1790. The number of sulfonamides is 1. The minimum atomic E-state index is -4.06. The first kappa shape index (κ1) is 32.0. The van der Waals surface area contributed by atoms with E-state index in [9.17, 15) is 18.0 Å². The third-order valence-corrected chi connectivity index (χ3v) is 10.9. The number of anilines is 1. The number of benzene rings is 2. The molecule has 0 saturated heterocycles. The van der Waals surface area contributed by atoms with Gasteiger partial charge in [0, 0.05) is 37.1 Å². The fourth-order valence-electron chi connectivity index (χ4n) is 6.61. The summed E-state index contributed by atoms with van der Waals surface area (Å²) in [6.45, 7) is 6.31. The second kappa shape index (κ2) is 12.7. The van der Waals surface area contributed by atoms with Crippen molar-refractivity contribution in [2.75, 3.05) is 11.8 Å². The van der Waals surface area contributed by atoms with E-state index in [1.165, 1.54) is 0 Å². The monoisotopic (exact) mass is 645 g/mol. The molecule has 2 fully saturated rings. The van der Waals surface area contributed by atoms with Crippen molar-refractivity contribution < 1.29 is 22.5 Å². The number of carbonyl (C=O) groups is 2. The molecule has 2 amide bonds. The minimum Gasteiger partial charge on any atom is -0.341 e. The third-order valence-electron chi connectivity index (χ3n) is 9.55. The van der Waals surface area contributed by atoms with E-state index in [2.05, 4.69) is 16.8 Å². The fraction of sp³-hybridized carbons (Fsp3) is 0.486. The summed E-state index contributed by atoms with van der Waals surface area (Å²) in [5.41, 5.74) is 3.51. The molecule has 2 aliphatic carbocycles. The first-order valence-corrected chi connectivity index (χ1v) is 17.8. The summed E-state index contributed by atoms with van der Waals surface area (Å²) >= 11 is 0. The Labute approximate surface area is 271 Å². The van der Waals surface area contributed by atoms with Gasteiger partial charge in [-0.3, -0.25) is 19.5 Å². The molecule has 10 nitrogen and oxygen atoms in total. The molecule has 0 atom stereocenters. The SMILES string of the molecule is CCCCC1=NC2(CCCC2)C(=O)N1Cc1ccc(-c2ccccc2S(=O)(=O)Nc2onc(C)c2C)c(CN(C)C(=O)C2CC2)c1. The van der Waals surface area contributed by atoms with Crippen LogP contribution in [0.25, 0.3) is 11.1 Å². The zero-order valence-corrected chi connectivity index (χ0v) is 28.0. The molecule has 1 aromatic heterocycles. The molecule has 2 aromatic carbocycles. The quantitative estimate of drug-likeness (QED) is 0.244. The van der Waals surface area contributed by atoms with E-state index < -0.39 is 15.6 Å². The highest BCUT2D eigenvalue weighted by molar-refractivity contribution is 7.92. The number of aliphatic imine (C=N–C) groups is 1. The summed E-state index contributed by atoms with van der Waals surface area (Å²) in [6, 6.07) is 12.7. The fourth-order valence-corrected chi connectivity index (χ4v) is 7.88. The molecular formula is C35H43N5O5S. The van der Waals surface area contributed by atoms with Gasteiger partial charge in [-0.15, -0.1) is 0 Å². The van der Waals surface area contributed by atoms with Gasteiger partial charge in [0.2, 0.25) is 11.8 Å². The number of carbonyl (C=O) groups excluding carboxylic acids is 2. The molecule has 2 saturated carbocycles. The van der Waals surface area contributed by atoms with Crippen LogP contribution in [-0.4, -0.2) is 53.6 Å². The van der Waals surface area contributed by atoms with Gasteiger partial charge >= 0.3 is 0 Å². The molecule has 244 valence electrons. The second-order valence-corrected chi connectivity index (χ2v) is 14.7. The van der Waals surface area contributed by atoms with Gasteiger partial charge in [0.1, 0.15) is 11.4 Å². The number of nitrogens with zero attached hydrogens (tertiary/aromatic N) is 4. The number of amidine groups is 1. The zero-order valence-electron chi connectivity index (χ0n) is 27.1. The molecule has 1 spiro atoms. The molecule has 2 heterocycles. The molecule has 0 bridgehead atoms. The topological polar surface area (TPSA) is 125 Å². The summed E-state index contributed by atoms with van der Waals surface area (Å²) in [5, 5.41) is 3.88. The lowest BCUT2D eigenvalue weighted by molar-refractivity contribution is -0.132. The average Bonchev–Trinajstić information content (AvgIpc) is 3.64. The number of amides is 2. The molecule has 46 heavy (non-hydrogen) atoms. The van der Waals surface area contributed by atoms with Crippen molar-refractivity contribution >= 4 is 33.6 Å². The highest BCUT2D eigenvalue weighted by Crippen LogP contribution is 2.41. The Morgan fingerprint density at radius 2 is 1.85 bits per heavy atom. The first-order valence-electron chi connectivity index (χ1n) is 16.4. The van der Waals surface area contributed by atoms with Crippen molar-refractivity contribution in [1.29, 1.82) is 0 Å². The van der Waals surface area contributed by atoms with Crippen molar-refractivity contribution in [2.45, 2.75) is 102 Å². The molecule has 11 heteroatoms. The predicted octanol–water partition coefficient (Wildman–Crippen LogP) is 6.37. The van der Waals surface area contributed by atoms with Crippen LogP contribution in [0.4, 0.5) is 5.88 Å². The summed E-state index contributed by atoms with van der Waals surface area (Å²) < 4.78 is 35.3. The number of nitrogens with one attached hydrogen (secondary N) is 1. The highest BCUT2D eigenvalue weighted by Gasteiger charge is 2.49. The summed E-state index contributed by atoms with van der Waals surface area (Å²) in [5.74, 6) is 1.16. The molecular weight excluding hydrogens is 602 g/mol. The van der Waals surface area contributed by atoms with Crippen LogP contribution in [0, 0.1) is 19.8 Å². The molecule has 3 aromatic rings. The van der Waals surface area contributed by atoms with Crippen molar-refractivity contribution in [3.63, 3.8) is 0 Å². The third kappa shape index (κ3) is 6.21. The van der Waals surface area contributed by atoms with Crippen LogP contribution in [0.3, 0.4) is 0 Å². The lowest BCUT2D eigenvalue weighted by Gasteiger charge is -2.24. The van der Waals surface area contributed by atoms with E-state index in [0.717, 1.165) is 74.7 Å². The lowest BCUT2D eigenvalue weighted by Crippen LogP contribution is -2.40. The van der Waals surface area contributed by atoms with E-state index in [1.807, 2.05) is 23.1 Å². The zero-order chi connectivity index (χ0) is 32.6. The van der Waals surface area contributed by atoms with E-state index in [0.29, 0.717) is 35.5 Å². The Morgan fingerprint density at radius 3 is 2.52 bits per heavy atom. The van der Waals surface area contributed by atoms with Crippen molar-refractivity contribution in [3.05, 3.63) is 64.8 Å². The largest absolute Gasteiger partial charge is 0.341 e. The van der Waals surface area contributed by atoms with Crippen molar-refractivity contribution in [1.82, 2.24) is 15.0 Å². The van der Waals surface area contributed by atoms with Gasteiger partial charge in [0.25, 0.3) is 15.9 Å². The molecule has 3 aliphatic rings. The van der Waals surface area contributed by atoms with Crippen LogP contribution >= 0.6 is 0 Å². The van der Waals surface area contributed by atoms with Crippen LogP contribution in [0.1, 0.15) is 87.1 Å². The Morgan fingerprint density at radius 1 is 1.11 bits per heavy atom. The molecule has 6 rings (SSSR count). The number of unbranched alkanes of at least 4 members (excludes halogenated alkanes) is 1. The van der Waals surface area contributed by atoms with E-state index in [1.54, 1.807) is 50.1 Å². The van der Waals surface area contributed by atoms with Crippen LogP contribution in [0.5, 0.6) is 0 Å².